The maximum atomic E-state index is 13.9. The zero-order valence-corrected chi connectivity index (χ0v) is 16.4. The van der Waals surface area contributed by atoms with Crippen molar-refractivity contribution in [3.8, 4) is 5.75 Å². The zero-order valence-electron chi connectivity index (χ0n) is 16.4. The number of anilines is 1. The first kappa shape index (κ1) is 20.5. The van der Waals surface area contributed by atoms with Crippen LogP contribution in [-0.4, -0.2) is 54.9 Å². The average molecular weight is 397 g/mol. The van der Waals surface area contributed by atoms with E-state index in [0.29, 0.717) is 24.4 Å². The van der Waals surface area contributed by atoms with E-state index in [1.54, 1.807) is 17.0 Å². The highest BCUT2D eigenvalue weighted by molar-refractivity contribution is 6.04. The Morgan fingerprint density at radius 3 is 2.45 bits per heavy atom. The molecule has 152 valence electrons. The monoisotopic (exact) mass is 397 g/mol. The minimum absolute atomic E-state index is 0.0347. The van der Waals surface area contributed by atoms with Crippen LogP contribution in [0, 0.1) is 5.82 Å². The SMILES string of the molecule is C=CC(=O)N1CCN(Cc2ccc(C(=O)Nc3cc(OC)ccc3F)cc2)CC1. The number of carbonyl (C=O) groups excluding carboxylic acids is 2. The molecule has 3 rings (SSSR count). The Balaban J connectivity index is 1.57. The summed E-state index contributed by atoms with van der Waals surface area (Å²) in [6.07, 6.45) is 1.34. The second-order valence-electron chi connectivity index (χ2n) is 6.80. The Morgan fingerprint density at radius 2 is 1.83 bits per heavy atom. The maximum Gasteiger partial charge on any atom is 0.255 e. The lowest BCUT2D eigenvalue weighted by Crippen LogP contribution is -2.47. The van der Waals surface area contributed by atoms with E-state index in [2.05, 4.69) is 16.8 Å². The van der Waals surface area contributed by atoms with Crippen molar-refractivity contribution in [2.24, 2.45) is 0 Å². The van der Waals surface area contributed by atoms with Crippen LogP contribution in [0.3, 0.4) is 0 Å². The van der Waals surface area contributed by atoms with Crippen molar-refractivity contribution in [2.45, 2.75) is 6.54 Å². The largest absolute Gasteiger partial charge is 0.497 e. The number of halogens is 1. The summed E-state index contributed by atoms with van der Waals surface area (Å²) in [5.74, 6) is -0.482. The molecule has 2 aromatic rings. The number of carbonyl (C=O) groups is 2. The Morgan fingerprint density at radius 1 is 1.14 bits per heavy atom. The van der Waals surface area contributed by atoms with Gasteiger partial charge in [0.2, 0.25) is 5.91 Å². The van der Waals surface area contributed by atoms with Crippen molar-refractivity contribution in [2.75, 3.05) is 38.6 Å². The van der Waals surface area contributed by atoms with Gasteiger partial charge in [0.25, 0.3) is 5.91 Å². The predicted molar refractivity (Wildman–Crippen MR) is 109 cm³/mol. The second kappa shape index (κ2) is 9.34. The van der Waals surface area contributed by atoms with E-state index in [-0.39, 0.29) is 17.5 Å². The molecule has 29 heavy (non-hydrogen) atoms. The average Bonchev–Trinajstić information content (AvgIpc) is 2.75. The van der Waals surface area contributed by atoms with Gasteiger partial charge < -0.3 is 15.0 Å². The zero-order chi connectivity index (χ0) is 20.8. The fraction of sp³-hybridized carbons (Fsp3) is 0.273. The fourth-order valence-electron chi connectivity index (χ4n) is 3.20. The smallest absolute Gasteiger partial charge is 0.255 e. The Kier molecular flexibility index (Phi) is 6.61. The maximum absolute atomic E-state index is 13.9. The normalized spacial score (nSPS) is 14.3. The predicted octanol–water partition coefficient (Wildman–Crippen LogP) is 2.92. The van der Waals surface area contributed by atoms with Crippen molar-refractivity contribution in [1.29, 1.82) is 0 Å². The van der Waals surface area contributed by atoms with Crippen molar-refractivity contribution < 1.29 is 18.7 Å². The first-order valence-corrected chi connectivity index (χ1v) is 9.37. The summed E-state index contributed by atoms with van der Waals surface area (Å²) in [5, 5.41) is 2.57. The third-order valence-corrected chi connectivity index (χ3v) is 4.90. The molecule has 1 saturated heterocycles. The minimum Gasteiger partial charge on any atom is -0.497 e. The molecule has 0 aromatic heterocycles. The van der Waals surface area contributed by atoms with Crippen molar-refractivity contribution in [1.82, 2.24) is 9.80 Å². The molecule has 1 aliphatic heterocycles. The highest BCUT2D eigenvalue weighted by Crippen LogP contribution is 2.22. The number of benzene rings is 2. The van der Waals surface area contributed by atoms with Crippen molar-refractivity contribution in [3.63, 3.8) is 0 Å². The van der Waals surface area contributed by atoms with Crippen LogP contribution in [0.15, 0.2) is 55.1 Å². The van der Waals surface area contributed by atoms with Crippen LogP contribution < -0.4 is 10.1 Å². The molecule has 0 spiro atoms. The molecule has 2 amide bonds. The molecule has 1 heterocycles. The molecule has 0 saturated carbocycles. The van der Waals surface area contributed by atoms with Gasteiger partial charge in [0, 0.05) is 44.4 Å². The van der Waals surface area contributed by atoms with Gasteiger partial charge in [0.05, 0.1) is 12.8 Å². The van der Waals surface area contributed by atoms with Gasteiger partial charge in [-0.2, -0.15) is 0 Å². The minimum atomic E-state index is -0.523. The van der Waals surface area contributed by atoms with Crippen LogP contribution >= 0.6 is 0 Å². The number of amides is 2. The molecular weight excluding hydrogens is 373 g/mol. The molecule has 1 aliphatic rings. The van der Waals surface area contributed by atoms with Crippen LogP contribution in [-0.2, 0) is 11.3 Å². The second-order valence-corrected chi connectivity index (χ2v) is 6.80. The van der Waals surface area contributed by atoms with E-state index in [0.717, 1.165) is 25.2 Å². The highest BCUT2D eigenvalue weighted by atomic mass is 19.1. The summed E-state index contributed by atoms with van der Waals surface area (Å²) in [5.41, 5.74) is 1.58. The van der Waals surface area contributed by atoms with Crippen LogP contribution in [0.25, 0.3) is 0 Å². The number of ether oxygens (including phenoxy) is 1. The molecule has 0 unspecified atom stereocenters. The summed E-state index contributed by atoms with van der Waals surface area (Å²) in [6.45, 7) is 7.19. The van der Waals surface area contributed by atoms with E-state index in [9.17, 15) is 14.0 Å². The van der Waals surface area contributed by atoms with E-state index < -0.39 is 5.82 Å². The van der Waals surface area contributed by atoms with Gasteiger partial charge in [-0.3, -0.25) is 14.5 Å². The molecule has 0 bridgehead atoms. The number of nitrogens with zero attached hydrogens (tertiary/aromatic N) is 2. The van der Waals surface area contributed by atoms with E-state index in [4.69, 9.17) is 4.74 Å². The first-order valence-electron chi connectivity index (χ1n) is 9.37. The van der Waals surface area contributed by atoms with Gasteiger partial charge in [0.1, 0.15) is 11.6 Å². The van der Waals surface area contributed by atoms with Gasteiger partial charge in [-0.1, -0.05) is 18.7 Å². The molecule has 1 fully saturated rings. The highest BCUT2D eigenvalue weighted by Gasteiger charge is 2.19. The number of piperazine rings is 1. The van der Waals surface area contributed by atoms with E-state index in [1.165, 1.54) is 31.4 Å². The summed E-state index contributed by atoms with van der Waals surface area (Å²) in [4.78, 5) is 28.1. The standard InChI is InChI=1S/C22H24FN3O3/c1-3-21(27)26-12-10-25(11-13-26)15-16-4-6-17(7-5-16)22(28)24-20-14-18(29-2)8-9-19(20)23/h3-9,14H,1,10-13,15H2,2H3,(H,24,28). The summed E-state index contributed by atoms with van der Waals surface area (Å²) in [6, 6.07) is 11.4. The van der Waals surface area contributed by atoms with Crippen molar-refractivity contribution in [3.05, 3.63) is 72.1 Å². The van der Waals surface area contributed by atoms with Crippen molar-refractivity contribution >= 4 is 17.5 Å². The lowest BCUT2D eigenvalue weighted by Gasteiger charge is -2.34. The number of methoxy groups -OCH3 is 1. The van der Waals surface area contributed by atoms with E-state index in [1.807, 2.05) is 12.1 Å². The summed E-state index contributed by atoms with van der Waals surface area (Å²) in [7, 11) is 1.48. The third kappa shape index (κ3) is 5.20. The third-order valence-electron chi connectivity index (χ3n) is 4.90. The van der Waals surface area contributed by atoms with Crippen LogP contribution in [0.5, 0.6) is 5.75 Å². The van der Waals surface area contributed by atoms with Crippen LogP contribution in [0.4, 0.5) is 10.1 Å². The molecule has 0 radical (unpaired) electrons. The van der Waals surface area contributed by atoms with Gasteiger partial charge >= 0.3 is 0 Å². The fourth-order valence-corrected chi connectivity index (χ4v) is 3.20. The van der Waals surface area contributed by atoms with Gasteiger partial charge in [-0.25, -0.2) is 4.39 Å². The summed E-state index contributed by atoms with van der Waals surface area (Å²) < 4.78 is 19.0. The number of rotatable bonds is 6. The summed E-state index contributed by atoms with van der Waals surface area (Å²) >= 11 is 0. The van der Waals surface area contributed by atoms with Gasteiger partial charge in [-0.15, -0.1) is 0 Å². The Labute approximate surface area is 169 Å². The first-order chi connectivity index (χ1) is 14.0. The topological polar surface area (TPSA) is 61.9 Å². The molecule has 7 heteroatoms. The quantitative estimate of drug-likeness (QED) is 0.762. The number of nitrogens with one attached hydrogen (secondary N) is 1. The molecule has 0 atom stereocenters. The van der Waals surface area contributed by atoms with Crippen LogP contribution in [0.1, 0.15) is 15.9 Å². The van der Waals surface area contributed by atoms with Crippen LogP contribution in [0.2, 0.25) is 0 Å². The molecule has 2 aromatic carbocycles. The molecule has 1 N–H and O–H groups in total. The Bertz CT molecular complexity index is 891. The lowest BCUT2D eigenvalue weighted by atomic mass is 10.1. The lowest BCUT2D eigenvalue weighted by molar-refractivity contribution is -0.127. The number of hydrogen-bond acceptors (Lipinski definition) is 4. The molecule has 0 aliphatic carbocycles. The molecular formula is C22H24FN3O3. The van der Waals surface area contributed by atoms with Gasteiger partial charge in [-0.05, 0) is 35.9 Å². The number of hydrogen-bond donors (Lipinski definition) is 1. The molecule has 6 nitrogen and oxygen atoms in total. The Hall–Kier alpha value is -3.19. The van der Waals surface area contributed by atoms with E-state index >= 15 is 0 Å². The van der Waals surface area contributed by atoms with Gasteiger partial charge in [0.15, 0.2) is 0 Å².